The van der Waals surface area contributed by atoms with Crippen molar-refractivity contribution in [3.05, 3.63) is 53.8 Å². The van der Waals surface area contributed by atoms with Crippen LogP contribution >= 0.6 is 11.6 Å². The maximum absolute atomic E-state index is 5.89. The third-order valence-corrected chi connectivity index (χ3v) is 2.68. The van der Waals surface area contributed by atoms with E-state index in [1.54, 1.807) is 23.3 Å². The second-order valence-electron chi connectivity index (χ2n) is 4.08. The molecule has 0 saturated carbocycles. The summed E-state index contributed by atoms with van der Waals surface area (Å²) in [4.78, 5) is 16.1. The first kappa shape index (κ1) is 12.6. The monoisotopic (exact) mass is 287 g/mol. The summed E-state index contributed by atoms with van der Waals surface area (Å²) in [5.74, 6) is 0.994. The first-order valence-corrected chi connectivity index (χ1v) is 6.23. The summed E-state index contributed by atoms with van der Waals surface area (Å²) >= 11 is 5.89. The van der Waals surface area contributed by atoms with Crippen LogP contribution in [-0.2, 0) is 0 Å². The van der Waals surface area contributed by atoms with Crippen LogP contribution in [0.1, 0.15) is 5.56 Å². The van der Waals surface area contributed by atoms with E-state index in [9.17, 15) is 0 Å². The number of rotatable bonds is 3. The van der Waals surface area contributed by atoms with Gasteiger partial charge in [0, 0.05) is 12.4 Å². The molecule has 100 valence electrons. The lowest BCUT2D eigenvalue weighted by molar-refractivity contribution is 0.438. The standard InChI is InChI=1S/C13H10ClN5O/c1-9-3-2-4-10(7-9)20-13-17-11(14)16-12(18-13)19-6-5-15-8-19/h2-8H,1H3. The Labute approximate surface area is 120 Å². The fourth-order valence-electron chi connectivity index (χ4n) is 1.64. The lowest BCUT2D eigenvalue weighted by Crippen LogP contribution is -2.03. The summed E-state index contributed by atoms with van der Waals surface area (Å²) in [6.07, 6.45) is 4.91. The largest absolute Gasteiger partial charge is 0.424 e. The number of imidazole rings is 1. The maximum atomic E-state index is 5.89. The van der Waals surface area contributed by atoms with E-state index in [1.807, 2.05) is 31.2 Å². The molecule has 0 aliphatic rings. The highest BCUT2D eigenvalue weighted by Crippen LogP contribution is 2.20. The Balaban J connectivity index is 1.94. The van der Waals surface area contributed by atoms with E-state index in [0.29, 0.717) is 11.7 Å². The molecule has 3 rings (SSSR count). The van der Waals surface area contributed by atoms with Crippen molar-refractivity contribution in [2.45, 2.75) is 6.92 Å². The molecule has 0 bridgehead atoms. The van der Waals surface area contributed by atoms with Crippen LogP contribution in [0, 0.1) is 6.92 Å². The molecule has 0 saturated heterocycles. The fourth-order valence-corrected chi connectivity index (χ4v) is 1.79. The molecule has 2 aromatic heterocycles. The quantitative estimate of drug-likeness (QED) is 0.741. The lowest BCUT2D eigenvalue weighted by atomic mass is 10.2. The molecule has 2 heterocycles. The molecule has 0 spiro atoms. The van der Waals surface area contributed by atoms with Crippen molar-refractivity contribution >= 4 is 11.6 Å². The Bertz CT molecular complexity index is 729. The zero-order chi connectivity index (χ0) is 13.9. The molecular weight excluding hydrogens is 278 g/mol. The molecule has 3 aromatic rings. The first-order valence-electron chi connectivity index (χ1n) is 5.85. The van der Waals surface area contributed by atoms with Gasteiger partial charge in [0.1, 0.15) is 12.1 Å². The van der Waals surface area contributed by atoms with Crippen molar-refractivity contribution in [1.29, 1.82) is 0 Å². The third kappa shape index (κ3) is 2.75. The Morgan fingerprint density at radius 2 is 2.10 bits per heavy atom. The topological polar surface area (TPSA) is 65.7 Å². The van der Waals surface area contributed by atoms with Gasteiger partial charge in [0.05, 0.1) is 0 Å². The predicted molar refractivity (Wildman–Crippen MR) is 73.2 cm³/mol. The van der Waals surface area contributed by atoms with Crippen molar-refractivity contribution in [2.75, 3.05) is 0 Å². The molecule has 0 N–H and O–H groups in total. The number of ether oxygens (including phenoxy) is 1. The summed E-state index contributed by atoms with van der Waals surface area (Å²) in [6, 6.07) is 7.71. The van der Waals surface area contributed by atoms with E-state index in [1.165, 1.54) is 0 Å². The van der Waals surface area contributed by atoms with E-state index >= 15 is 0 Å². The molecule has 1 aromatic carbocycles. The smallest absolute Gasteiger partial charge is 0.328 e. The number of aromatic nitrogens is 5. The van der Waals surface area contributed by atoms with Crippen molar-refractivity contribution in [1.82, 2.24) is 24.5 Å². The van der Waals surface area contributed by atoms with Gasteiger partial charge >= 0.3 is 6.01 Å². The van der Waals surface area contributed by atoms with Gasteiger partial charge in [-0.3, -0.25) is 4.57 Å². The summed E-state index contributed by atoms with van der Waals surface area (Å²) in [7, 11) is 0. The molecule has 0 unspecified atom stereocenters. The highest BCUT2D eigenvalue weighted by atomic mass is 35.5. The number of nitrogens with zero attached hydrogens (tertiary/aromatic N) is 5. The Morgan fingerprint density at radius 3 is 2.85 bits per heavy atom. The Kier molecular flexibility index (Phi) is 3.30. The van der Waals surface area contributed by atoms with Gasteiger partial charge < -0.3 is 4.74 Å². The summed E-state index contributed by atoms with van der Waals surface area (Å²) in [5.41, 5.74) is 1.08. The van der Waals surface area contributed by atoms with Gasteiger partial charge in [0.2, 0.25) is 11.2 Å². The van der Waals surface area contributed by atoms with Gasteiger partial charge in [-0.25, -0.2) is 4.98 Å². The second kappa shape index (κ2) is 5.26. The molecule has 20 heavy (non-hydrogen) atoms. The van der Waals surface area contributed by atoms with Crippen LogP contribution in [0.25, 0.3) is 5.95 Å². The van der Waals surface area contributed by atoms with Crippen LogP contribution in [0.3, 0.4) is 0 Å². The summed E-state index contributed by atoms with van der Waals surface area (Å²) < 4.78 is 7.22. The zero-order valence-electron chi connectivity index (χ0n) is 10.6. The average molecular weight is 288 g/mol. The van der Waals surface area contributed by atoms with Crippen molar-refractivity contribution in [3.63, 3.8) is 0 Å². The van der Waals surface area contributed by atoms with Crippen LogP contribution in [0.5, 0.6) is 11.8 Å². The summed E-state index contributed by atoms with van der Waals surface area (Å²) in [6.45, 7) is 1.98. The van der Waals surface area contributed by atoms with Gasteiger partial charge in [-0.15, -0.1) is 0 Å². The van der Waals surface area contributed by atoms with Crippen LogP contribution in [-0.4, -0.2) is 24.5 Å². The van der Waals surface area contributed by atoms with Crippen molar-refractivity contribution < 1.29 is 4.74 Å². The predicted octanol–water partition coefficient (Wildman–Crippen LogP) is 2.81. The van der Waals surface area contributed by atoms with Crippen LogP contribution < -0.4 is 4.74 Å². The molecule has 0 atom stereocenters. The zero-order valence-corrected chi connectivity index (χ0v) is 11.3. The molecule has 0 radical (unpaired) electrons. The van der Waals surface area contributed by atoms with E-state index < -0.39 is 0 Å². The number of halogens is 1. The lowest BCUT2D eigenvalue weighted by Gasteiger charge is -2.06. The number of benzene rings is 1. The van der Waals surface area contributed by atoms with Gasteiger partial charge in [-0.1, -0.05) is 12.1 Å². The van der Waals surface area contributed by atoms with E-state index in [-0.39, 0.29) is 11.3 Å². The highest BCUT2D eigenvalue weighted by Gasteiger charge is 2.08. The molecule has 0 aliphatic carbocycles. The van der Waals surface area contributed by atoms with E-state index in [2.05, 4.69) is 19.9 Å². The molecule has 0 fully saturated rings. The Morgan fingerprint density at radius 1 is 1.20 bits per heavy atom. The molecular formula is C13H10ClN5O. The van der Waals surface area contributed by atoms with E-state index in [4.69, 9.17) is 16.3 Å². The first-order chi connectivity index (χ1) is 9.70. The van der Waals surface area contributed by atoms with Gasteiger partial charge in [0.15, 0.2) is 0 Å². The molecule has 0 aliphatic heterocycles. The Hall–Kier alpha value is -2.47. The molecule has 0 amide bonds. The van der Waals surface area contributed by atoms with E-state index in [0.717, 1.165) is 5.56 Å². The number of hydrogen-bond donors (Lipinski definition) is 0. The molecule has 6 nitrogen and oxygen atoms in total. The van der Waals surface area contributed by atoms with Crippen molar-refractivity contribution in [2.24, 2.45) is 0 Å². The normalized spacial score (nSPS) is 10.5. The second-order valence-corrected chi connectivity index (χ2v) is 4.41. The van der Waals surface area contributed by atoms with Crippen LogP contribution in [0.2, 0.25) is 5.28 Å². The van der Waals surface area contributed by atoms with Gasteiger partial charge in [0.25, 0.3) is 0 Å². The molecule has 7 heteroatoms. The van der Waals surface area contributed by atoms with Crippen molar-refractivity contribution in [3.8, 4) is 17.7 Å². The SMILES string of the molecule is Cc1cccc(Oc2nc(Cl)nc(-n3ccnc3)n2)c1. The minimum Gasteiger partial charge on any atom is -0.424 e. The van der Waals surface area contributed by atoms with Crippen LogP contribution in [0.15, 0.2) is 43.0 Å². The maximum Gasteiger partial charge on any atom is 0.328 e. The summed E-state index contributed by atoms with van der Waals surface area (Å²) in [5, 5.41) is 0.0614. The van der Waals surface area contributed by atoms with Gasteiger partial charge in [-0.05, 0) is 36.2 Å². The minimum atomic E-state index is 0.0614. The highest BCUT2D eigenvalue weighted by molar-refractivity contribution is 6.28. The minimum absolute atomic E-state index is 0.0614. The van der Waals surface area contributed by atoms with Crippen LogP contribution in [0.4, 0.5) is 0 Å². The number of aryl methyl sites for hydroxylation is 1. The third-order valence-electron chi connectivity index (χ3n) is 2.51. The average Bonchev–Trinajstić information content (AvgIpc) is 2.91. The van der Waals surface area contributed by atoms with Gasteiger partial charge in [-0.2, -0.15) is 15.0 Å². The number of hydrogen-bond acceptors (Lipinski definition) is 5. The fraction of sp³-hybridized carbons (Fsp3) is 0.0769.